The van der Waals surface area contributed by atoms with E-state index in [1.54, 1.807) is 0 Å². The predicted molar refractivity (Wildman–Crippen MR) is 95.6 cm³/mol. The third kappa shape index (κ3) is 7.77. The molecular formula is C16H25BrN2OS. The van der Waals surface area contributed by atoms with E-state index in [4.69, 9.17) is 5.73 Å². The quantitative estimate of drug-likeness (QED) is 0.523. The number of hydrogen-bond donors (Lipinski definition) is 2. The first-order chi connectivity index (χ1) is 9.88. The Hall–Kier alpha value is -0.680. The number of amides is 1. The van der Waals surface area contributed by atoms with Crippen molar-refractivity contribution in [2.45, 2.75) is 51.0 Å². The molecule has 0 saturated heterocycles. The normalized spacial score (nSPS) is 12.4. The molecule has 5 heteroatoms. The first-order valence-electron chi connectivity index (χ1n) is 7.35. The molecule has 1 aromatic carbocycles. The van der Waals surface area contributed by atoms with Crippen molar-refractivity contribution in [2.75, 3.05) is 11.5 Å². The number of hydrogen-bond acceptors (Lipinski definition) is 3. The summed E-state index contributed by atoms with van der Waals surface area (Å²) in [5.74, 6) is 1.20. The van der Waals surface area contributed by atoms with Crippen LogP contribution in [0.25, 0.3) is 0 Å². The SMILES string of the molecule is CC(C)CCCC(C)NC(=O)CSc1ccc(Br)cc1N. The Morgan fingerprint density at radius 2 is 2.05 bits per heavy atom. The van der Waals surface area contributed by atoms with Crippen LogP contribution in [0.5, 0.6) is 0 Å². The zero-order valence-electron chi connectivity index (χ0n) is 13.0. The lowest BCUT2D eigenvalue weighted by Gasteiger charge is -2.14. The standard InChI is InChI=1S/C16H25BrN2OS/c1-11(2)5-4-6-12(3)19-16(20)10-21-15-8-7-13(17)9-14(15)18/h7-9,11-12H,4-6,10,18H2,1-3H3,(H,19,20). The van der Waals surface area contributed by atoms with E-state index in [2.05, 4.69) is 42.0 Å². The molecule has 1 aromatic rings. The summed E-state index contributed by atoms with van der Waals surface area (Å²) in [5, 5.41) is 3.04. The molecule has 1 atom stereocenters. The maximum Gasteiger partial charge on any atom is 0.230 e. The molecule has 21 heavy (non-hydrogen) atoms. The van der Waals surface area contributed by atoms with E-state index in [1.165, 1.54) is 18.2 Å². The third-order valence-corrected chi connectivity index (χ3v) is 4.74. The molecule has 0 aliphatic carbocycles. The number of anilines is 1. The summed E-state index contributed by atoms with van der Waals surface area (Å²) in [6.07, 6.45) is 3.41. The number of nitrogens with one attached hydrogen (secondary N) is 1. The maximum atomic E-state index is 11.9. The Bertz CT molecular complexity index is 466. The number of halogens is 1. The number of thioether (sulfide) groups is 1. The summed E-state index contributed by atoms with van der Waals surface area (Å²) in [4.78, 5) is 12.9. The van der Waals surface area contributed by atoms with E-state index in [0.29, 0.717) is 11.4 Å². The molecule has 0 aliphatic rings. The van der Waals surface area contributed by atoms with Gasteiger partial charge < -0.3 is 11.1 Å². The summed E-state index contributed by atoms with van der Waals surface area (Å²) >= 11 is 4.85. The molecule has 0 bridgehead atoms. The molecule has 0 radical (unpaired) electrons. The zero-order chi connectivity index (χ0) is 15.8. The lowest BCUT2D eigenvalue weighted by molar-refractivity contribution is -0.119. The van der Waals surface area contributed by atoms with Gasteiger partial charge in [0.25, 0.3) is 0 Å². The van der Waals surface area contributed by atoms with Gasteiger partial charge in [-0.3, -0.25) is 4.79 Å². The molecule has 0 saturated carbocycles. The topological polar surface area (TPSA) is 55.1 Å². The van der Waals surface area contributed by atoms with Crippen LogP contribution in [-0.2, 0) is 4.79 Å². The van der Waals surface area contributed by atoms with Gasteiger partial charge in [0.15, 0.2) is 0 Å². The summed E-state index contributed by atoms with van der Waals surface area (Å²) in [7, 11) is 0. The lowest BCUT2D eigenvalue weighted by Crippen LogP contribution is -2.33. The Morgan fingerprint density at radius 3 is 2.67 bits per heavy atom. The van der Waals surface area contributed by atoms with Crippen LogP contribution < -0.4 is 11.1 Å². The second kappa shape index (κ2) is 9.36. The molecule has 0 heterocycles. The monoisotopic (exact) mass is 372 g/mol. The molecule has 0 spiro atoms. The van der Waals surface area contributed by atoms with Crippen LogP contribution in [0.3, 0.4) is 0 Å². The number of nitrogens with two attached hydrogens (primary N) is 1. The molecule has 0 aromatic heterocycles. The van der Waals surface area contributed by atoms with Gasteiger partial charge in [-0.05, 0) is 37.5 Å². The van der Waals surface area contributed by atoms with Gasteiger partial charge in [-0.25, -0.2) is 0 Å². The maximum absolute atomic E-state index is 11.9. The van der Waals surface area contributed by atoms with Crippen LogP contribution in [0.1, 0.15) is 40.0 Å². The fraction of sp³-hybridized carbons (Fsp3) is 0.562. The Kier molecular flexibility index (Phi) is 8.19. The van der Waals surface area contributed by atoms with Crippen molar-refractivity contribution in [3.05, 3.63) is 22.7 Å². The smallest absolute Gasteiger partial charge is 0.230 e. The second-order valence-corrected chi connectivity index (χ2v) is 7.70. The number of carbonyl (C=O) groups is 1. The van der Waals surface area contributed by atoms with E-state index in [0.717, 1.165) is 28.1 Å². The average molecular weight is 373 g/mol. The van der Waals surface area contributed by atoms with Crippen LogP contribution in [0, 0.1) is 5.92 Å². The Balaban J connectivity index is 2.30. The van der Waals surface area contributed by atoms with Gasteiger partial charge in [0, 0.05) is 21.1 Å². The van der Waals surface area contributed by atoms with Gasteiger partial charge in [-0.1, -0.05) is 42.6 Å². The van der Waals surface area contributed by atoms with E-state index >= 15 is 0 Å². The van der Waals surface area contributed by atoms with E-state index < -0.39 is 0 Å². The van der Waals surface area contributed by atoms with Crippen LogP contribution in [0.2, 0.25) is 0 Å². The minimum atomic E-state index is 0.0689. The molecule has 1 unspecified atom stereocenters. The van der Waals surface area contributed by atoms with Gasteiger partial charge in [-0.2, -0.15) is 0 Å². The summed E-state index contributed by atoms with van der Waals surface area (Å²) in [5.41, 5.74) is 6.62. The molecule has 0 fully saturated rings. The van der Waals surface area contributed by atoms with Crippen molar-refractivity contribution < 1.29 is 4.79 Å². The van der Waals surface area contributed by atoms with Crippen molar-refractivity contribution in [1.29, 1.82) is 0 Å². The van der Waals surface area contributed by atoms with Crippen LogP contribution >= 0.6 is 27.7 Å². The van der Waals surface area contributed by atoms with E-state index in [-0.39, 0.29) is 11.9 Å². The summed E-state index contributed by atoms with van der Waals surface area (Å²) < 4.78 is 0.951. The average Bonchev–Trinajstić information content (AvgIpc) is 2.37. The molecule has 3 N–H and O–H groups in total. The largest absolute Gasteiger partial charge is 0.398 e. The lowest BCUT2D eigenvalue weighted by atomic mass is 10.0. The third-order valence-electron chi connectivity index (χ3n) is 3.16. The predicted octanol–water partition coefficient (Wildman–Crippen LogP) is 4.45. The number of nitrogen functional groups attached to an aromatic ring is 1. The highest BCUT2D eigenvalue weighted by Gasteiger charge is 2.09. The molecule has 0 aliphatic heterocycles. The molecule has 118 valence electrons. The van der Waals surface area contributed by atoms with Crippen LogP contribution in [0.15, 0.2) is 27.6 Å². The Labute approximate surface area is 140 Å². The first kappa shape index (κ1) is 18.4. The first-order valence-corrected chi connectivity index (χ1v) is 9.13. The Morgan fingerprint density at radius 1 is 1.33 bits per heavy atom. The van der Waals surface area contributed by atoms with E-state index in [9.17, 15) is 4.79 Å². The van der Waals surface area contributed by atoms with Crippen molar-refractivity contribution in [2.24, 2.45) is 5.92 Å². The number of benzene rings is 1. The van der Waals surface area contributed by atoms with Gasteiger partial charge in [0.2, 0.25) is 5.91 Å². The van der Waals surface area contributed by atoms with Crippen molar-refractivity contribution in [3.63, 3.8) is 0 Å². The fourth-order valence-electron chi connectivity index (χ4n) is 2.02. The second-order valence-electron chi connectivity index (χ2n) is 5.76. The van der Waals surface area contributed by atoms with Crippen LogP contribution in [-0.4, -0.2) is 17.7 Å². The van der Waals surface area contributed by atoms with E-state index in [1.807, 2.05) is 18.2 Å². The molecule has 1 rings (SSSR count). The highest BCUT2D eigenvalue weighted by atomic mass is 79.9. The number of carbonyl (C=O) groups excluding carboxylic acids is 1. The van der Waals surface area contributed by atoms with Gasteiger partial charge in [0.1, 0.15) is 0 Å². The van der Waals surface area contributed by atoms with Gasteiger partial charge >= 0.3 is 0 Å². The zero-order valence-corrected chi connectivity index (χ0v) is 15.4. The highest BCUT2D eigenvalue weighted by Crippen LogP contribution is 2.27. The molecular weight excluding hydrogens is 348 g/mol. The molecule has 3 nitrogen and oxygen atoms in total. The van der Waals surface area contributed by atoms with Crippen molar-refractivity contribution >= 4 is 39.3 Å². The summed E-state index contributed by atoms with van der Waals surface area (Å²) in [6, 6.07) is 5.96. The van der Waals surface area contributed by atoms with Gasteiger partial charge in [0.05, 0.1) is 5.75 Å². The summed E-state index contributed by atoms with van der Waals surface area (Å²) in [6.45, 7) is 6.52. The van der Waals surface area contributed by atoms with Crippen LogP contribution in [0.4, 0.5) is 5.69 Å². The fourth-order valence-corrected chi connectivity index (χ4v) is 3.15. The molecule has 1 amide bonds. The highest BCUT2D eigenvalue weighted by molar-refractivity contribution is 9.10. The minimum absolute atomic E-state index is 0.0689. The minimum Gasteiger partial charge on any atom is -0.398 e. The number of rotatable bonds is 8. The van der Waals surface area contributed by atoms with Crippen molar-refractivity contribution in [3.8, 4) is 0 Å². The van der Waals surface area contributed by atoms with Gasteiger partial charge in [-0.15, -0.1) is 11.8 Å². The van der Waals surface area contributed by atoms with Crippen molar-refractivity contribution in [1.82, 2.24) is 5.32 Å².